The van der Waals surface area contributed by atoms with Gasteiger partial charge in [-0.2, -0.15) is 0 Å². The van der Waals surface area contributed by atoms with Gasteiger partial charge in [0.25, 0.3) is 0 Å². The predicted molar refractivity (Wildman–Crippen MR) is 68.6 cm³/mol. The Kier molecular flexibility index (Phi) is 4.86. The summed E-state index contributed by atoms with van der Waals surface area (Å²) in [6.07, 6.45) is 3.76. The van der Waals surface area contributed by atoms with E-state index in [1.54, 1.807) is 12.1 Å². The van der Waals surface area contributed by atoms with Crippen LogP contribution in [0.5, 0.6) is 0 Å². The molecule has 0 amide bonds. The van der Waals surface area contributed by atoms with Gasteiger partial charge in [-0.15, -0.1) is 0 Å². The summed E-state index contributed by atoms with van der Waals surface area (Å²) in [5, 5.41) is 0. The number of carbonyl (C=O) groups excluding carboxylic acids is 1. The van der Waals surface area contributed by atoms with Crippen LogP contribution in [0.15, 0.2) is 24.3 Å². The van der Waals surface area contributed by atoms with Crippen LogP contribution in [0.25, 0.3) is 0 Å². The molecule has 0 saturated carbocycles. The largest absolute Gasteiger partial charge is 0.299 e. The van der Waals surface area contributed by atoms with Gasteiger partial charge in [-0.05, 0) is 38.0 Å². The first kappa shape index (κ1) is 13.9. The van der Waals surface area contributed by atoms with Crippen LogP contribution in [-0.4, -0.2) is 5.78 Å². The minimum atomic E-state index is -0.512. The van der Waals surface area contributed by atoms with Gasteiger partial charge in [0.1, 0.15) is 11.6 Å². The number of unbranched alkanes of at least 4 members (excludes halogenated alkanes) is 2. The molecule has 0 unspecified atom stereocenters. The van der Waals surface area contributed by atoms with E-state index in [2.05, 4.69) is 6.92 Å². The maximum atomic E-state index is 12.8. The quantitative estimate of drug-likeness (QED) is 0.675. The van der Waals surface area contributed by atoms with E-state index in [-0.39, 0.29) is 11.6 Å². The molecule has 0 aliphatic rings. The van der Waals surface area contributed by atoms with Crippen molar-refractivity contribution in [2.24, 2.45) is 0 Å². The lowest BCUT2D eigenvalue weighted by Gasteiger charge is -2.23. The fourth-order valence-corrected chi connectivity index (χ4v) is 1.88. The summed E-state index contributed by atoms with van der Waals surface area (Å²) in [6, 6.07) is 6.23. The number of carbonyl (C=O) groups is 1. The molecule has 0 saturated heterocycles. The van der Waals surface area contributed by atoms with Crippen LogP contribution in [0.4, 0.5) is 4.39 Å². The van der Waals surface area contributed by atoms with Crippen LogP contribution < -0.4 is 0 Å². The van der Waals surface area contributed by atoms with Crippen molar-refractivity contribution in [3.63, 3.8) is 0 Å². The maximum Gasteiger partial charge on any atom is 0.142 e. The lowest BCUT2D eigenvalue weighted by molar-refractivity contribution is -0.123. The number of rotatable bonds is 6. The average molecular weight is 236 g/mol. The molecule has 2 heteroatoms. The zero-order valence-electron chi connectivity index (χ0n) is 10.9. The number of hydrogen-bond acceptors (Lipinski definition) is 1. The molecule has 0 aliphatic carbocycles. The highest BCUT2D eigenvalue weighted by atomic mass is 19.1. The molecule has 1 nitrogen and oxygen atoms in total. The summed E-state index contributed by atoms with van der Waals surface area (Å²) in [4.78, 5) is 12.1. The van der Waals surface area contributed by atoms with E-state index in [9.17, 15) is 9.18 Å². The molecule has 1 aromatic rings. The normalized spacial score (nSPS) is 11.5. The maximum absolute atomic E-state index is 12.8. The van der Waals surface area contributed by atoms with Crippen molar-refractivity contribution in [3.8, 4) is 0 Å². The number of ketones is 1. The lowest BCUT2D eigenvalue weighted by Crippen LogP contribution is -2.28. The van der Waals surface area contributed by atoms with Crippen molar-refractivity contribution in [1.29, 1.82) is 0 Å². The number of benzene rings is 1. The minimum absolute atomic E-state index is 0.234. The Morgan fingerprint density at radius 2 is 1.76 bits per heavy atom. The second kappa shape index (κ2) is 5.95. The van der Waals surface area contributed by atoms with Gasteiger partial charge in [0.15, 0.2) is 0 Å². The molecule has 1 rings (SSSR count). The van der Waals surface area contributed by atoms with E-state index in [1.165, 1.54) is 12.1 Å². The zero-order valence-corrected chi connectivity index (χ0v) is 10.9. The first-order valence-corrected chi connectivity index (χ1v) is 6.28. The number of Topliss-reactive ketones (excluding diaryl/α,β-unsaturated/α-hetero) is 1. The zero-order chi connectivity index (χ0) is 12.9. The molecule has 94 valence electrons. The van der Waals surface area contributed by atoms with Crippen LogP contribution >= 0.6 is 0 Å². The van der Waals surface area contributed by atoms with Gasteiger partial charge in [-0.3, -0.25) is 4.79 Å². The predicted octanol–water partition coefficient (Wildman–Crippen LogP) is 4.25. The second-order valence-corrected chi connectivity index (χ2v) is 5.01. The highest BCUT2D eigenvalue weighted by Crippen LogP contribution is 2.26. The van der Waals surface area contributed by atoms with Crippen molar-refractivity contribution in [2.75, 3.05) is 0 Å². The number of hydrogen-bond donors (Lipinski definition) is 0. The smallest absolute Gasteiger partial charge is 0.142 e. The molecular formula is C15H21FO. The third kappa shape index (κ3) is 3.65. The van der Waals surface area contributed by atoms with Crippen molar-refractivity contribution < 1.29 is 9.18 Å². The first-order valence-electron chi connectivity index (χ1n) is 6.28. The Balaban J connectivity index is 2.72. The van der Waals surface area contributed by atoms with Crippen LogP contribution in [0.1, 0.15) is 52.0 Å². The average Bonchev–Trinajstić information content (AvgIpc) is 2.29. The Bertz CT molecular complexity index is 365. The van der Waals surface area contributed by atoms with Crippen LogP contribution in [0.3, 0.4) is 0 Å². The number of halogens is 1. The van der Waals surface area contributed by atoms with Gasteiger partial charge in [0.05, 0.1) is 0 Å². The molecule has 0 N–H and O–H groups in total. The van der Waals surface area contributed by atoms with E-state index in [1.807, 2.05) is 13.8 Å². The summed E-state index contributed by atoms with van der Waals surface area (Å²) in [5.41, 5.74) is 0.377. The molecule has 0 spiro atoms. The fraction of sp³-hybridized carbons (Fsp3) is 0.533. The first-order chi connectivity index (χ1) is 7.98. The van der Waals surface area contributed by atoms with Gasteiger partial charge in [-0.25, -0.2) is 4.39 Å². The van der Waals surface area contributed by atoms with E-state index in [0.717, 1.165) is 24.8 Å². The van der Waals surface area contributed by atoms with E-state index >= 15 is 0 Å². The van der Waals surface area contributed by atoms with Gasteiger partial charge in [-0.1, -0.05) is 31.9 Å². The van der Waals surface area contributed by atoms with Gasteiger partial charge in [0, 0.05) is 11.8 Å². The molecule has 0 atom stereocenters. The van der Waals surface area contributed by atoms with Gasteiger partial charge in [0.2, 0.25) is 0 Å². The van der Waals surface area contributed by atoms with Gasteiger partial charge < -0.3 is 0 Å². The van der Waals surface area contributed by atoms with Crippen molar-refractivity contribution in [2.45, 2.75) is 51.9 Å². The molecule has 0 bridgehead atoms. The van der Waals surface area contributed by atoms with E-state index in [0.29, 0.717) is 6.42 Å². The summed E-state index contributed by atoms with van der Waals surface area (Å²) in [7, 11) is 0. The topological polar surface area (TPSA) is 17.1 Å². The van der Waals surface area contributed by atoms with E-state index in [4.69, 9.17) is 0 Å². The molecule has 0 fully saturated rings. The Morgan fingerprint density at radius 3 is 2.29 bits per heavy atom. The molecule has 0 heterocycles. The Morgan fingerprint density at radius 1 is 1.18 bits per heavy atom. The van der Waals surface area contributed by atoms with Crippen molar-refractivity contribution >= 4 is 5.78 Å². The van der Waals surface area contributed by atoms with Crippen LogP contribution in [-0.2, 0) is 10.2 Å². The molecule has 0 aromatic heterocycles. The van der Waals surface area contributed by atoms with Crippen molar-refractivity contribution in [1.82, 2.24) is 0 Å². The standard InChI is InChI=1S/C15H21FO/c1-4-5-6-7-14(17)15(2,3)12-8-10-13(16)11-9-12/h8-11H,4-7H2,1-3H3. The summed E-state index contributed by atoms with van der Waals surface area (Å²) < 4.78 is 12.8. The van der Waals surface area contributed by atoms with Crippen LogP contribution in [0, 0.1) is 5.82 Å². The lowest BCUT2D eigenvalue weighted by atomic mass is 9.79. The SMILES string of the molecule is CCCCCC(=O)C(C)(C)c1ccc(F)cc1. The Hall–Kier alpha value is -1.18. The molecular weight excluding hydrogens is 215 g/mol. The van der Waals surface area contributed by atoms with Crippen molar-refractivity contribution in [3.05, 3.63) is 35.6 Å². The molecule has 1 aromatic carbocycles. The highest BCUT2D eigenvalue weighted by molar-refractivity contribution is 5.89. The van der Waals surface area contributed by atoms with Gasteiger partial charge >= 0.3 is 0 Å². The third-order valence-electron chi connectivity index (χ3n) is 3.27. The second-order valence-electron chi connectivity index (χ2n) is 5.01. The molecule has 0 aliphatic heterocycles. The van der Waals surface area contributed by atoms with Crippen LogP contribution in [0.2, 0.25) is 0 Å². The summed E-state index contributed by atoms with van der Waals surface area (Å²) in [6.45, 7) is 5.94. The third-order valence-corrected chi connectivity index (χ3v) is 3.27. The highest BCUT2D eigenvalue weighted by Gasteiger charge is 2.28. The monoisotopic (exact) mass is 236 g/mol. The minimum Gasteiger partial charge on any atom is -0.299 e. The Labute approximate surface area is 103 Å². The summed E-state index contributed by atoms with van der Waals surface area (Å²) >= 11 is 0. The summed E-state index contributed by atoms with van der Waals surface area (Å²) in [5.74, 6) is -0.0273. The molecule has 17 heavy (non-hydrogen) atoms. The van der Waals surface area contributed by atoms with E-state index < -0.39 is 5.41 Å². The molecule has 0 radical (unpaired) electrons. The fourth-order valence-electron chi connectivity index (χ4n) is 1.88.